The fourth-order valence-electron chi connectivity index (χ4n) is 4.29. The molecule has 1 amide bonds. The third kappa shape index (κ3) is 6.53. The lowest BCUT2D eigenvalue weighted by molar-refractivity contribution is -0.138. The topological polar surface area (TPSA) is 35.6 Å². The first-order chi connectivity index (χ1) is 17.4. The number of hydrogen-bond acceptors (Lipinski definition) is 4. The minimum absolute atomic E-state index is 0.159. The van der Waals surface area contributed by atoms with E-state index in [4.69, 9.17) is 0 Å². The van der Waals surface area contributed by atoms with Gasteiger partial charge in [0.15, 0.2) is 0 Å². The van der Waals surface area contributed by atoms with Gasteiger partial charge in [-0.15, -0.1) is 11.3 Å². The maximum atomic E-state index is 14.7. The van der Waals surface area contributed by atoms with Crippen LogP contribution in [0.4, 0.5) is 36.4 Å². The standard InChI is InChI=1S/C25H24F7N3OS/c26-22-21(19-8-7-18(25(30,31)32)15-20(19)37-22)35-13-11-34(12-14-35)10-2-1-9-33-23(36)16-3-5-17(6-4-16)24(27,28)29/h3-8,15H,1-2,9-14H2,(H,33,36). The Morgan fingerprint density at radius 2 is 1.49 bits per heavy atom. The lowest BCUT2D eigenvalue weighted by Gasteiger charge is -2.35. The van der Waals surface area contributed by atoms with Crippen LogP contribution in [0, 0.1) is 5.13 Å². The lowest BCUT2D eigenvalue weighted by atomic mass is 10.1. The molecule has 200 valence electrons. The van der Waals surface area contributed by atoms with Crippen molar-refractivity contribution in [1.29, 1.82) is 0 Å². The molecule has 0 unspecified atom stereocenters. The maximum absolute atomic E-state index is 14.7. The van der Waals surface area contributed by atoms with Crippen molar-refractivity contribution in [3.63, 3.8) is 0 Å². The lowest BCUT2D eigenvalue weighted by Crippen LogP contribution is -2.46. The van der Waals surface area contributed by atoms with Gasteiger partial charge in [-0.3, -0.25) is 9.69 Å². The Hall–Kier alpha value is -2.86. The van der Waals surface area contributed by atoms with Gasteiger partial charge in [-0.1, -0.05) is 6.07 Å². The molecule has 4 rings (SSSR count). The summed E-state index contributed by atoms with van der Waals surface area (Å²) >= 11 is 0.719. The molecule has 1 saturated heterocycles. The zero-order valence-electron chi connectivity index (χ0n) is 19.6. The Bertz CT molecular complexity index is 1230. The van der Waals surface area contributed by atoms with Gasteiger partial charge in [0.25, 0.3) is 5.91 Å². The smallest absolute Gasteiger partial charge is 0.365 e. The molecule has 1 aliphatic rings. The summed E-state index contributed by atoms with van der Waals surface area (Å²) in [5, 5.41) is 2.68. The fraction of sp³-hybridized carbons (Fsp3) is 0.400. The number of piperazine rings is 1. The Kier molecular flexibility index (Phi) is 7.98. The highest BCUT2D eigenvalue weighted by Gasteiger charge is 2.32. The molecule has 3 aromatic rings. The number of alkyl halides is 6. The number of hydrogen-bond donors (Lipinski definition) is 1. The number of carbonyl (C=O) groups is 1. The van der Waals surface area contributed by atoms with Crippen LogP contribution in [0.25, 0.3) is 10.1 Å². The second kappa shape index (κ2) is 10.9. The van der Waals surface area contributed by atoms with Gasteiger partial charge in [0, 0.05) is 48.4 Å². The molecule has 4 nitrogen and oxygen atoms in total. The normalized spacial score (nSPS) is 15.4. The van der Waals surface area contributed by atoms with Crippen LogP contribution in [-0.2, 0) is 12.4 Å². The van der Waals surface area contributed by atoms with Crippen LogP contribution < -0.4 is 10.2 Å². The summed E-state index contributed by atoms with van der Waals surface area (Å²) in [5.74, 6) is -0.435. The van der Waals surface area contributed by atoms with Gasteiger partial charge in [0.2, 0.25) is 5.13 Å². The van der Waals surface area contributed by atoms with E-state index in [2.05, 4.69) is 10.2 Å². The molecule has 1 N–H and O–H groups in total. The van der Waals surface area contributed by atoms with Crippen molar-refractivity contribution in [2.24, 2.45) is 0 Å². The largest absolute Gasteiger partial charge is 0.416 e. The number of carbonyl (C=O) groups excluding carboxylic acids is 1. The number of nitrogens with one attached hydrogen (secondary N) is 1. The van der Waals surface area contributed by atoms with Crippen LogP contribution in [-0.4, -0.2) is 50.1 Å². The predicted molar refractivity (Wildman–Crippen MR) is 128 cm³/mol. The van der Waals surface area contributed by atoms with Crippen molar-refractivity contribution >= 4 is 33.0 Å². The Labute approximate surface area is 212 Å². The number of thiophene rings is 1. The van der Waals surface area contributed by atoms with Crippen LogP contribution in [0.2, 0.25) is 0 Å². The van der Waals surface area contributed by atoms with E-state index in [9.17, 15) is 35.5 Å². The highest BCUT2D eigenvalue weighted by Crippen LogP contribution is 2.40. The van der Waals surface area contributed by atoms with Crippen molar-refractivity contribution in [3.8, 4) is 0 Å². The van der Waals surface area contributed by atoms with Crippen LogP contribution in [0.3, 0.4) is 0 Å². The first kappa shape index (κ1) is 27.2. The van der Waals surface area contributed by atoms with E-state index in [0.29, 0.717) is 50.2 Å². The van der Waals surface area contributed by atoms with Crippen LogP contribution in [0.5, 0.6) is 0 Å². The van der Waals surface area contributed by atoms with E-state index in [0.717, 1.165) is 60.7 Å². The van der Waals surface area contributed by atoms with Crippen molar-refractivity contribution < 1.29 is 35.5 Å². The quantitative estimate of drug-likeness (QED) is 0.274. The zero-order chi connectivity index (χ0) is 26.8. The molecule has 1 aliphatic heterocycles. The SMILES string of the molecule is O=C(NCCCCN1CCN(c2c(F)sc3cc(C(F)(F)F)ccc23)CC1)c1ccc(C(F)(F)F)cc1. The van der Waals surface area contributed by atoms with Crippen molar-refractivity contribution in [2.75, 3.05) is 44.2 Å². The van der Waals surface area contributed by atoms with E-state index in [1.807, 2.05) is 4.90 Å². The van der Waals surface area contributed by atoms with Gasteiger partial charge in [-0.25, -0.2) is 0 Å². The molecule has 1 aromatic heterocycles. The molecule has 12 heteroatoms. The number of benzene rings is 2. The number of halogens is 7. The third-order valence-corrected chi connectivity index (χ3v) is 7.23. The molecule has 0 atom stereocenters. The second-order valence-corrected chi connectivity index (χ2v) is 9.80. The van der Waals surface area contributed by atoms with Crippen LogP contribution >= 0.6 is 11.3 Å². The number of nitrogens with zero attached hydrogens (tertiary/aromatic N) is 2. The van der Waals surface area contributed by atoms with Crippen molar-refractivity contribution in [1.82, 2.24) is 10.2 Å². The van der Waals surface area contributed by atoms with Gasteiger partial charge < -0.3 is 10.2 Å². The Morgan fingerprint density at radius 1 is 0.865 bits per heavy atom. The number of anilines is 1. The number of amides is 1. The minimum Gasteiger partial charge on any atom is -0.365 e. The highest BCUT2D eigenvalue weighted by molar-refractivity contribution is 7.18. The molecule has 0 aliphatic carbocycles. The second-order valence-electron chi connectivity index (χ2n) is 8.80. The van der Waals surface area contributed by atoms with Crippen LogP contribution in [0.15, 0.2) is 42.5 Å². The average Bonchev–Trinajstić information content (AvgIpc) is 3.18. The van der Waals surface area contributed by atoms with E-state index >= 15 is 0 Å². The third-order valence-electron chi connectivity index (χ3n) is 6.30. The molecule has 2 aromatic carbocycles. The number of rotatable bonds is 7. The molecule has 0 spiro atoms. The minimum atomic E-state index is -4.48. The monoisotopic (exact) mass is 547 g/mol. The number of fused-ring (bicyclic) bond motifs is 1. The highest BCUT2D eigenvalue weighted by atomic mass is 32.1. The number of unbranched alkanes of at least 4 members (excludes halogenated alkanes) is 1. The average molecular weight is 548 g/mol. The summed E-state index contributed by atoms with van der Waals surface area (Å²) in [4.78, 5) is 16.2. The molecule has 0 bridgehead atoms. The van der Waals surface area contributed by atoms with Crippen LogP contribution in [0.1, 0.15) is 34.3 Å². The van der Waals surface area contributed by atoms with Gasteiger partial charge in [0.1, 0.15) is 0 Å². The van der Waals surface area contributed by atoms with E-state index < -0.39 is 34.5 Å². The molecule has 2 heterocycles. The zero-order valence-corrected chi connectivity index (χ0v) is 20.4. The van der Waals surface area contributed by atoms with Gasteiger partial charge in [-0.2, -0.15) is 30.7 Å². The molecule has 0 saturated carbocycles. The van der Waals surface area contributed by atoms with E-state index in [-0.39, 0.29) is 10.3 Å². The van der Waals surface area contributed by atoms with Gasteiger partial charge in [0.05, 0.1) is 16.8 Å². The molecule has 37 heavy (non-hydrogen) atoms. The van der Waals surface area contributed by atoms with Crippen molar-refractivity contribution in [2.45, 2.75) is 25.2 Å². The van der Waals surface area contributed by atoms with Gasteiger partial charge >= 0.3 is 12.4 Å². The fourth-order valence-corrected chi connectivity index (χ4v) is 5.28. The Balaban J connectivity index is 1.21. The summed E-state index contributed by atoms with van der Waals surface area (Å²) < 4.78 is 91.7. The van der Waals surface area contributed by atoms with Crippen molar-refractivity contribution in [3.05, 3.63) is 64.3 Å². The predicted octanol–water partition coefficient (Wildman–Crippen LogP) is 6.41. The summed E-state index contributed by atoms with van der Waals surface area (Å²) in [5.41, 5.74) is -1.10. The molecule has 1 fully saturated rings. The Morgan fingerprint density at radius 3 is 2.11 bits per heavy atom. The summed E-state index contributed by atoms with van der Waals surface area (Å²) in [6.45, 7) is 3.53. The summed E-state index contributed by atoms with van der Waals surface area (Å²) in [6, 6.07) is 7.33. The molecule has 0 radical (unpaired) electrons. The maximum Gasteiger partial charge on any atom is 0.416 e. The summed E-state index contributed by atoms with van der Waals surface area (Å²) in [6.07, 6.45) is -7.47. The molecular weight excluding hydrogens is 523 g/mol. The van der Waals surface area contributed by atoms with E-state index in [1.54, 1.807) is 0 Å². The first-order valence-corrected chi connectivity index (χ1v) is 12.5. The van der Waals surface area contributed by atoms with E-state index in [1.165, 1.54) is 6.07 Å². The van der Waals surface area contributed by atoms with Gasteiger partial charge in [-0.05, 0) is 55.8 Å². The first-order valence-electron chi connectivity index (χ1n) is 11.7. The molecular formula is C25H24F7N3OS. The summed E-state index contributed by atoms with van der Waals surface area (Å²) in [7, 11) is 0.